The molecule has 1 saturated heterocycles. The zero-order valence-electron chi connectivity index (χ0n) is 7.88. The van der Waals surface area contributed by atoms with E-state index in [-0.39, 0.29) is 18.0 Å². The van der Waals surface area contributed by atoms with Gasteiger partial charge in [-0.05, 0) is 24.9 Å². The maximum absolute atomic E-state index is 11.6. The van der Waals surface area contributed by atoms with Crippen LogP contribution in [0.4, 0.5) is 0 Å². The lowest BCUT2D eigenvalue weighted by atomic mass is 10.2. The van der Waals surface area contributed by atoms with Gasteiger partial charge in [0.1, 0.15) is 0 Å². The van der Waals surface area contributed by atoms with Gasteiger partial charge in [-0.1, -0.05) is 4.49 Å². The molecule has 0 aliphatic carbocycles. The number of nitrogens with zero attached hydrogens (tertiary/aromatic N) is 3. The summed E-state index contributed by atoms with van der Waals surface area (Å²) in [4.78, 5) is 13.4. The van der Waals surface area contributed by atoms with Gasteiger partial charge >= 0.3 is 0 Å². The number of hydrogen-bond donors (Lipinski definition) is 1. The number of carbonyl (C=O) groups is 1. The van der Waals surface area contributed by atoms with E-state index in [4.69, 9.17) is 5.73 Å². The molecule has 2 heterocycles. The van der Waals surface area contributed by atoms with Gasteiger partial charge in [-0.15, -0.1) is 5.10 Å². The molecule has 0 saturated carbocycles. The molecule has 1 fully saturated rings. The number of carbonyl (C=O) groups excluding carboxylic acids is 1. The highest BCUT2D eigenvalue weighted by Gasteiger charge is 2.33. The Morgan fingerprint density at radius 2 is 2.57 bits per heavy atom. The van der Waals surface area contributed by atoms with Crippen molar-refractivity contribution in [1.82, 2.24) is 14.5 Å². The van der Waals surface area contributed by atoms with E-state index in [0.29, 0.717) is 0 Å². The van der Waals surface area contributed by atoms with Crippen LogP contribution in [-0.4, -0.2) is 33.0 Å². The lowest BCUT2D eigenvalue weighted by Crippen LogP contribution is -2.35. The predicted molar refractivity (Wildman–Crippen MR) is 52.6 cm³/mol. The first-order valence-electron chi connectivity index (χ1n) is 4.53. The Hall–Kier alpha value is -1.01. The number of hydrogen-bond acceptors (Lipinski definition) is 5. The summed E-state index contributed by atoms with van der Waals surface area (Å²) in [7, 11) is 0. The van der Waals surface area contributed by atoms with Crippen LogP contribution < -0.4 is 5.73 Å². The summed E-state index contributed by atoms with van der Waals surface area (Å²) in [5.41, 5.74) is 6.48. The number of aromatic nitrogens is 2. The van der Waals surface area contributed by atoms with Crippen LogP contribution in [0.15, 0.2) is 5.38 Å². The van der Waals surface area contributed by atoms with Crippen molar-refractivity contribution in [3.05, 3.63) is 11.1 Å². The predicted octanol–water partition coefficient (Wildman–Crippen LogP) is 0.159. The molecule has 1 amide bonds. The molecule has 2 rings (SSSR count). The molecule has 1 aromatic rings. The topological polar surface area (TPSA) is 72.1 Å². The number of nitrogens with two attached hydrogens (primary N) is 1. The molecule has 1 aromatic heterocycles. The Morgan fingerprint density at radius 3 is 3.07 bits per heavy atom. The van der Waals surface area contributed by atoms with E-state index < -0.39 is 0 Å². The molecule has 0 aromatic carbocycles. The minimum atomic E-state index is -0.330. The van der Waals surface area contributed by atoms with E-state index in [9.17, 15) is 4.79 Å². The van der Waals surface area contributed by atoms with Gasteiger partial charge in [-0.2, -0.15) is 0 Å². The molecule has 0 spiro atoms. The first kappa shape index (κ1) is 9.54. The zero-order valence-corrected chi connectivity index (χ0v) is 8.70. The first-order valence-corrected chi connectivity index (χ1v) is 5.37. The number of amides is 1. The number of rotatable bonds is 2. The summed E-state index contributed by atoms with van der Waals surface area (Å²) in [5.74, 6) is 0.0190. The third-order valence-corrected chi connectivity index (χ3v) is 3.08. The fourth-order valence-corrected chi connectivity index (χ4v) is 2.16. The third-order valence-electron chi connectivity index (χ3n) is 2.55. The van der Waals surface area contributed by atoms with Crippen molar-refractivity contribution >= 4 is 17.4 Å². The van der Waals surface area contributed by atoms with Crippen LogP contribution in [0.1, 0.15) is 25.1 Å². The van der Waals surface area contributed by atoms with E-state index in [1.165, 1.54) is 11.5 Å². The largest absolute Gasteiger partial charge is 0.333 e. The van der Waals surface area contributed by atoms with Crippen molar-refractivity contribution in [2.24, 2.45) is 5.73 Å². The molecule has 1 aliphatic heterocycles. The maximum atomic E-state index is 11.6. The molecule has 76 valence electrons. The van der Waals surface area contributed by atoms with Crippen molar-refractivity contribution in [2.45, 2.75) is 25.4 Å². The van der Waals surface area contributed by atoms with Crippen LogP contribution in [-0.2, 0) is 4.79 Å². The molecule has 2 unspecified atom stereocenters. The SMILES string of the molecule is CC(c1csnn1)N1CCC(N)C1=O. The van der Waals surface area contributed by atoms with Crippen LogP contribution >= 0.6 is 11.5 Å². The van der Waals surface area contributed by atoms with Gasteiger partial charge in [0.15, 0.2) is 0 Å². The van der Waals surface area contributed by atoms with Gasteiger partial charge < -0.3 is 10.6 Å². The van der Waals surface area contributed by atoms with Crippen LogP contribution in [0, 0.1) is 0 Å². The Kier molecular flexibility index (Phi) is 2.47. The van der Waals surface area contributed by atoms with Crippen molar-refractivity contribution in [3.63, 3.8) is 0 Å². The highest BCUT2D eigenvalue weighted by molar-refractivity contribution is 7.03. The average Bonchev–Trinajstić information content (AvgIpc) is 2.77. The quantitative estimate of drug-likeness (QED) is 0.758. The molecule has 5 nitrogen and oxygen atoms in total. The Bertz CT molecular complexity index is 326. The Morgan fingerprint density at radius 1 is 1.79 bits per heavy atom. The van der Waals surface area contributed by atoms with Crippen LogP contribution in [0.5, 0.6) is 0 Å². The Balaban J connectivity index is 2.13. The van der Waals surface area contributed by atoms with Gasteiger partial charge in [0.25, 0.3) is 0 Å². The molecular formula is C8H12N4OS. The molecule has 6 heteroatoms. The van der Waals surface area contributed by atoms with E-state index in [2.05, 4.69) is 9.59 Å². The second-order valence-electron chi connectivity index (χ2n) is 3.43. The van der Waals surface area contributed by atoms with Crippen LogP contribution in [0.3, 0.4) is 0 Å². The van der Waals surface area contributed by atoms with E-state index in [1.807, 2.05) is 12.3 Å². The van der Waals surface area contributed by atoms with Gasteiger partial charge in [-0.3, -0.25) is 4.79 Å². The van der Waals surface area contributed by atoms with Crippen molar-refractivity contribution < 1.29 is 4.79 Å². The summed E-state index contributed by atoms with van der Waals surface area (Å²) < 4.78 is 3.78. The third kappa shape index (κ3) is 1.51. The van der Waals surface area contributed by atoms with Crippen molar-refractivity contribution in [1.29, 1.82) is 0 Å². The molecule has 14 heavy (non-hydrogen) atoms. The molecule has 2 N–H and O–H groups in total. The monoisotopic (exact) mass is 212 g/mol. The van der Waals surface area contributed by atoms with E-state index >= 15 is 0 Å². The number of likely N-dealkylation sites (tertiary alicyclic amines) is 1. The van der Waals surface area contributed by atoms with Crippen LogP contribution in [0.25, 0.3) is 0 Å². The van der Waals surface area contributed by atoms with Gasteiger partial charge in [-0.25, -0.2) is 0 Å². The normalized spacial score (nSPS) is 24.3. The van der Waals surface area contributed by atoms with Gasteiger partial charge in [0, 0.05) is 11.9 Å². The summed E-state index contributed by atoms with van der Waals surface area (Å²) in [6, 6.07) is -0.334. The first-order chi connectivity index (χ1) is 6.70. The highest BCUT2D eigenvalue weighted by Crippen LogP contribution is 2.23. The van der Waals surface area contributed by atoms with E-state index in [1.54, 1.807) is 4.90 Å². The highest BCUT2D eigenvalue weighted by atomic mass is 32.1. The standard InChI is InChI=1S/C8H12N4OS/c1-5(7-4-14-11-10-7)12-3-2-6(9)8(12)13/h4-6H,2-3,9H2,1H3. The van der Waals surface area contributed by atoms with Crippen molar-refractivity contribution in [3.8, 4) is 0 Å². The molecule has 0 bridgehead atoms. The molecular weight excluding hydrogens is 200 g/mol. The smallest absolute Gasteiger partial charge is 0.240 e. The van der Waals surface area contributed by atoms with Gasteiger partial charge in [0.05, 0.1) is 17.8 Å². The summed E-state index contributed by atoms with van der Waals surface area (Å²) in [6.07, 6.45) is 0.737. The maximum Gasteiger partial charge on any atom is 0.240 e. The molecule has 2 atom stereocenters. The van der Waals surface area contributed by atoms with Crippen molar-refractivity contribution in [2.75, 3.05) is 6.54 Å². The van der Waals surface area contributed by atoms with E-state index in [0.717, 1.165) is 18.7 Å². The zero-order chi connectivity index (χ0) is 10.1. The summed E-state index contributed by atoms with van der Waals surface area (Å²) >= 11 is 1.30. The Labute approximate surface area is 86.1 Å². The van der Waals surface area contributed by atoms with Crippen LogP contribution in [0.2, 0.25) is 0 Å². The second-order valence-corrected chi connectivity index (χ2v) is 4.04. The fraction of sp³-hybridized carbons (Fsp3) is 0.625. The summed E-state index contributed by atoms with van der Waals surface area (Å²) in [6.45, 7) is 2.67. The van der Waals surface area contributed by atoms with Gasteiger partial charge in [0.2, 0.25) is 5.91 Å². The fourth-order valence-electron chi connectivity index (χ4n) is 1.62. The second kappa shape index (κ2) is 3.62. The average molecular weight is 212 g/mol. The minimum absolute atomic E-state index is 0.00481. The minimum Gasteiger partial charge on any atom is -0.333 e. The lowest BCUT2D eigenvalue weighted by Gasteiger charge is -2.22. The molecule has 0 radical (unpaired) electrons. The lowest BCUT2D eigenvalue weighted by molar-refractivity contribution is -0.130. The molecule has 1 aliphatic rings. The summed E-state index contributed by atoms with van der Waals surface area (Å²) in [5, 5.41) is 5.82.